The van der Waals surface area contributed by atoms with Gasteiger partial charge in [0, 0.05) is 18.3 Å². The summed E-state index contributed by atoms with van der Waals surface area (Å²) in [5.41, 5.74) is 2.01. The van der Waals surface area contributed by atoms with Gasteiger partial charge < -0.3 is 15.7 Å². The number of amides is 2. The van der Waals surface area contributed by atoms with E-state index >= 15 is 0 Å². The molecule has 1 unspecified atom stereocenters. The summed E-state index contributed by atoms with van der Waals surface area (Å²) in [5.74, 6) is 0.291. The molecule has 20 heavy (non-hydrogen) atoms. The van der Waals surface area contributed by atoms with Crippen molar-refractivity contribution in [2.24, 2.45) is 5.92 Å². The molecule has 2 amide bonds. The molecule has 0 fully saturated rings. The van der Waals surface area contributed by atoms with E-state index in [1.807, 2.05) is 38.1 Å². The van der Waals surface area contributed by atoms with Gasteiger partial charge in [-0.3, -0.25) is 0 Å². The van der Waals surface area contributed by atoms with Crippen LogP contribution in [-0.4, -0.2) is 23.8 Å². The third-order valence-electron chi connectivity index (χ3n) is 3.35. The molecular weight excluding hydrogens is 252 g/mol. The van der Waals surface area contributed by atoms with E-state index in [1.54, 1.807) is 0 Å². The number of carbonyl (C=O) groups excluding carboxylic acids is 1. The molecule has 0 aliphatic rings. The van der Waals surface area contributed by atoms with Crippen molar-refractivity contribution in [2.75, 3.05) is 11.9 Å². The predicted octanol–water partition coefficient (Wildman–Crippen LogP) is 3.17. The van der Waals surface area contributed by atoms with Crippen LogP contribution >= 0.6 is 0 Å². The molecule has 0 spiro atoms. The highest BCUT2D eigenvalue weighted by atomic mass is 16.3. The maximum absolute atomic E-state index is 12.1. The van der Waals surface area contributed by atoms with Crippen molar-refractivity contribution in [1.29, 1.82) is 0 Å². The quantitative estimate of drug-likeness (QED) is 0.717. The Morgan fingerprint density at radius 3 is 2.60 bits per heavy atom. The van der Waals surface area contributed by atoms with Crippen LogP contribution in [0.25, 0.3) is 0 Å². The Bertz CT molecular complexity index is 419. The number of urea groups is 1. The molecule has 0 bridgehead atoms. The summed E-state index contributed by atoms with van der Waals surface area (Å²) >= 11 is 0. The first-order valence-electron chi connectivity index (χ1n) is 7.34. The summed E-state index contributed by atoms with van der Waals surface area (Å²) in [7, 11) is 0. The van der Waals surface area contributed by atoms with Crippen LogP contribution in [0.1, 0.15) is 39.2 Å². The fraction of sp³-hybridized carbons (Fsp3) is 0.562. The fourth-order valence-corrected chi connectivity index (χ4v) is 2.17. The van der Waals surface area contributed by atoms with Crippen molar-refractivity contribution in [1.82, 2.24) is 5.32 Å². The number of hydrogen-bond donors (Lipinski definition) is 3. The predicted molar refractivity (Wildman–Crippen MR) is 82.9 cm³/mol. The lowest BCUT2D eigenvalue weighted by molar-refractivity contribution is 0.227. The summed E-state index contributed by atoms with van der Waals surface area (Å²) in [6, 6.07) is 7.63. The smallest absolute Gasteiger partial charge is 0.319 e. The van der Waals surface area contributed by atoms with Gasteiger partial charge >= 0.3 is 6.03 Å². The Hall–Kier alpha value is -1.55. The van der Waals surface area contributed by atoms with Gasteiger partial charge in [-0.05, 0) is 30.4 Å². The third-order valence-corrected chi connectivity index (χ3v) is 3.35. The van der Waals surface area contributed by atoms with Crippen molar-refractivity contribution >= 4 is 11.7 Å². The van der Waals surface area contributed by atoms with Crippen LogP contribution in [0, 0.1) is 5.92 Å². The molecule has 1 aromatic carbocycles. The molecular formula is C16H26N2O2. The number of carbonyl (C=O) groups is 1. The van der Waals surface area contributed by atoms with Gasteiger partial charge in [0.1, 0.15) is 0 Å². The Morgan fingerprint density at radius 2 is 2.00 bits per heavy atom. The highest BCUT2D eigenvalue weighted by Gasteiger charge is 2.16. The molecule has 112 valence electrons. The SMILES string of the molecule is CCCc1ccccc1NC(=O)NC(CCO)C(C)C. The van der Waals surface area contributed by atoms with Crippen LogP contribution < -0.4 is 10.6 Å². The molecule has 1 atom stereocenters. The summed E-state index contributed by atoms with van der Waals surface area (Å²) in [5, 5.41) is 14.9. The van der Waals surface area contributed by atoms with E-state index in [1.165, 1.54) is 0 Å². The van der Waals surface area contributed by atoms with Gasteiger partial charge in [-0.1, -0.05) is 45.4 Å². The van der Waals surface area contributed by atoms with Crippen molar-refractivity contribution < 1.29 is 9.90 Å². The zero-order chi connectivity index (χ0) is 15.0. The summed E-state index contributed by atoms with van der Waals surface area (Å²) < 4.78 is 0. The lowest BCUT2D eigenvalue weighted by atomic mass is 10.0. The first-order chi connectivity index (χ1) is 9.58. The Kier molecular flexibility index (Phi) is 7.09. The minimum Gasteiger partial charge on any atom is -0.396 e. The van der Waals surface area contributed by atoms with Gasteiger partial charge in [0.25, 0.3) is 0 Å². The minimum absolute atomic E-state index is 0.0154. The van der Waals surface area contributed by atoms with Crippen molar-refractivity contribution in [3.05, 3.63) is 29.8 Å². The number of rotatable bonds is 7. The van der Waals surface area contributed by atoms with Crippen LogP contribution in [0.5, 0.6) is 0 Å². The maximum Gasteiger partial charge on any atom is 0.319 e. The molecule has 0 aliphatic carbocycles. The van der Waals surface area contributed by atoms with E-state index in [4.69, 9.17) is 5.11 Å². The molecule has 3 N–H and O–H groups in total. The van der Waals surface area contributed by atoms with E-state index < -0.39 is 0 Å². The summed E-state index contributed by atoms with van der Waals surface area (Å²) in [6.07, 6.45) is 2.56. The topological polar surface area (TPSA) is 61.4 Å². The van der Waals surface area contributed by atoms with E-state index in [2.05, 4.69) is 17.6 Å². The average Bonchev–Trinajstić information content (AvgIpc) is 2.40. The van der Waals surface area contributed by atoms with Crippen molar-refractivity contribution in [2.45, 2.75) is 46.1 Å². The van der Waals surface area contributed by atoms with E-state index in [-0.39, 0.29) is 18.7 Å². The molecule has 1 aromatic rings. The average molecular weight is 278 g/mol. The second kappa shape index (κ2) is 8.59. The van der Waals surface area contributed by atoms with E-state index in [0.29, 0.717) is 12.3 Å². The maximum atomic E-state index is 12.1. The summed E-state index contributed by atoms with van der Waals surface area (Å²) in [6.45, 7) is 6.26. The first kappa shape index (κ1) is 16.5. The number of para-hydroxylation sites is 1. The van der Waals surface area contributed by atoms with E-state index in [0.717, 1.165) is 24.1 Å². The van der Waals surface area contributed by atoms with Gasteiger partial charge in [0.05, 0.1) is 0 Å². The Balaban J connectivity index is 2.65. The highest BCUT2D eigenvalue weighted by molar-refractivity contribution is 5.90. The second-order valence-corrected chi connectivity index (χ2v) is 5.37. The molecule has 4 nitrogen and oxygen atoms in total. The zero-order valence-electron chi connectivity index (χ0n) is 12.6. The van der Waals surface area contributed by atoms with E-state index in [9.17, 15) is 4.79 Å². The molecule has 0 aromatic heterocycles. The van der Waals surface area contributed by atoms with Gasteiger partial charge in [0.2, 0.25) is 0 Å². The van der Waals surface area contributed by atoms with Crippen LogP contribution in [0.3, 0.4) is 0 Å². The molecule has 1 rings (SSSR count). The summed E-state index contributed by atoms with van der Waals surface area (Å²) in [4.78, 5) is 12.1. The molecule has 0 aliphatic heterocycles. The zero-order valence-corrected chi connectivity index (χ0v) is 12.6. The lowest BCUT2D eigenvalue weighted by Crippen LogP contribution is -2.41. The second-order valence-electron chi connectivity index (χ2n) is 5.37. The number of aliphatic hydroxyl groups is 1. The monoisotopic (exact) mass is 278 g/mol. The van der Waals surface area contributed by atoms with Gasteiger partial charge in [-0.2, -0.15) is 0 Å². The number of anilines is 1. The Labute approximate surface area is 121 Å². The number of hydrogen-bond acceptors (Lipinski definition) is 2. The largest absolute Gasteiger partial charge is 0.396 e. The third kappa shape index (κ3) is 5.21. The van der Waals surface area contributed by atoms with Crippen molar-refractivity contribution in [3.63, 3.8) is 0 Å². The normalized spacial score (nSPS) is 12.2. The van der Waals surface area contributed by atoms with Crippen LogP contribution in [0.15, 0.2) is 24.3 Å². The standard InChI is InChI=1S/C16H26N2O2/c1-4-7-13-8-5-6-9-15(13)18-16(20)17-14(10-11-19)12(2)3/h5-6,8-9,12,14,19H,4,7,10-11H2,1-3H3,(H2,17,18,20). The van der Waals surface area contributed by atoms with Crippen LogP contribution in [0.4, 0.5) is 10.5 Å². The lowest BCUT2D eigenvalue weighted by Gasteiger charge is -2.22. The fourth-order valence-electron chi connectivity index (χ4n) is 2.17. The highest BCUT2D eigenvalue weighted by Crippen LogP contribution is 2.17. The molecule has 4 heteroatoms. The molecule has 0 heterocycles. The van der Waals surface area contributed by atoms with Crippen LogP contribution in [-0.2, 0) is 6.42 Å². The number of aryl methyl sites for hydroxylation is 1. The molecule has 0 saturated heterocycles. The van der Waals surface area contributed by atoms with Gasteiger partial charge in [-0.15, -0.1) is 0 Å². The van der Waals surface area contributed by atoms with Crippen LogP contribution in [0.2, 0.25) is 0 Å². The first-order valence-corrected chi connectivity index (χ1v) is 7.34. The van der Waals surface area contributed by atoms with Gasteiger partial charge in [0.15, 0.2) is 0 Å². The number of nitrogens with one attached hydrogen (secondary N) is 2. The molecule has 0 radical (unpaired) electrons. The number of benzene rings is 1. The minimum atomic E-state index is -0.208. The Morgan fingerprint density at radius 1 is 1.30 bits per heavy atom. The molecule has 0 saturated carbocycles. The van der Waals surface area contributed by atoms with Crippen molar-refractivity contribution in [3.8, 4) is 0 Å². The number of aliphatic hydroxyl groups excluding tert-OH is 1. The van der Waals surface area contributed by atoms with Gasteiger partial charge in [-0.25, -0.2) is 4.79 Å².